The normalized spacial score (nSPS) is 10.7. The average Bonchev–Trinajstić information content (AvgIpc) is 1.83. The number of halogens is 1. The molecule has 1 atom stereocenters. The molecule has 0 saturated carbocycles. The molecule has 3 heteroatoms. The second-order valence-electron chi connectivity index (χ2n) is 1.68. The van der Waals surface area contributed by atoms with Crippen LogP contribution in [0.3, 0.4) is 0 Å². The van der Waals surface area contributed by atoms with E-state index in [9.17, 15) is 0 Å². The number of hydrogen-bond acceptors (Lipinski definition) is 1. The van der Waals surface area contributed by atoms with E-state index in [4.69, 9.17) is 5.26 Å². The molecule has 9 heavy (non-hydrogen) atoms. The van der Waals surface area contributed by atoms with Gasteiger partial charge in [-0.15, -0.1) is 0 Å². The molecule has 0 radical (unpaired) electrons. The highest BCUT2D eigenvalue weighted by molar-refractivity contribution is 4.77. The first-order chi connectivity index (χ1) is 3.81. The molecule has 0 amide bonds. The Labute approximate surface area is 62.0 Å². The maximum Gasteiger partial charge on any atom is 0.170 e. The van der Waals surface area contributed by atoms with E-state index >= 15 is 0 Å². The molecule has 0 fully saturated rings. The Hall–Kier alpha value is -0.520. The van der Waals surface area contributed by atoms with Crippen molar-refractivity contribution in [3.8, 4) is 6.07 Å². The van der Waals surface area contributed by atoms with Gasteiger partial charge in [0.15, 0.2) is 6.04 Å². The van der Waals surface area contributed by atoms with Crippen LogP contribution in [0, 0.1) is 11.3 Å². The van der Waals surface area contributed by atoms with E-state index < -0.39 is 0 Å². The van der Waals surface area contributed by atoms with Crippen LogP contribution >= 0.6 is 0 Å². The van der Waals surface area contributed by atoms with Crippen LogP contribution < -0.4 is 17.7 Å². The van der Waals surface area contributed by atoms with Gasteiger partial charge in [-0.2, -0.15) is 5.26 Å². The summed E-state index contributed by atoms with van der Waals surface area (Å²) in [4.78, 5) is 0. The number of quaternary nitrogens is 1. The van der Waals surface area contributed by atoms with Gasteiger partial charge in [-0.1, -0.05) is 6.58 Å². The summed E-state index contributed by atoms with van der Waals surface area (Å²) in [5.74, 6) is 0. The smallest absolute Gasteiger partial charge is 0.170 e. The fourth-order valence-electron chi connectivity index (χ4n) is 0.353. The first kappa shape index (κ1) is 11.3. The fourth-order valence-corrected chi connectivity index (χ4v) is 0.353. The van der Waals surface area contributed by atoms with Crippen molar-refractivity contribution in [2.75, 3.05) is 6.54 Å². The van der Waals surface area contributed by atoms with Crippen molar-refractivity contribution >= 4 is 0 Å². The van der Waals surface area contributed by atoms with E-state index in [0.29, 0.717) is 0 Å². The predicted octanol–water partition coefficient (Wildman–Crippen LogP) is -3.35. The molecule has 0 aliphatic carbocycles. The number of nitrogens with two attached hydrogens (primary N) is 1. The highest BCUT2D eigenvalue weighted by Gasteiger charge is 1.95. The van der Waals surface area contributed by atoms with Crippen LogP contribution in [0.5, 0.6) is 0 Å². The van der Waals surface area contributed by atoms with Crippen LogP contribution in [0.15, 0.2) is 12.7 Å². The summed E-state index contributed by atoms with van der Waals surface area (Å²) in [7, 11) is 0. The summed E-state index contributed by atoms with van der Waals surface area (Å²) in [5.41, 5.74) is 0. The summed E-state index contributed by atoms with van der Waals surface area (Å²) in [6.45, 7) is 6.22. The molecule has 0 aromatic heterocycles. The third-order valence-corrected chi connectivity index (χ3v) is 0.860. The Morgan fingerprint density at radius 3 is 2.78 bits per heavy atom. The van der Waals surface area contributed by atoms with E-state index in [2.05, 4.69) is 12.6 Å². The van der Waals surface area contributed by atoms with Crippen molar-refractivity contribution in [3.05, 3.63) is 12.7 Å². The highest BCUT2D eigenvalue weighted by Crippen LogP contribution is 1.61. The van der Waals surface area contributed by atoms with E-state index in [1.807, 2.05) is 12.2 Å². The summed E-state index contributed by atoms with van der Waals surface area (Å²) in [5, 5.41) is 10.2. The van der Waals surface area contributed by atoms with E-state index in [1.54, 1.807) is 6.08 Å². The molecule has 2 nitrogen and oxygen atoms in total. The topological polar surface area (TPSA) is 40.4 Å². The molecule has 1 unspecified atom stereocenters. The van der Waals surface area contributed by atoms with Gasteiger partial charge >= 0.3 is 0 Å². The average molecular weight is 147 g/mol. The van der Waals surface area contributed by atoms with E-state index in [0.717, 1.165) is 6.54 Å². The lowest BCUT2D eigenvalue weighted by Gasteiger charge is -1.95. The van der Waals surface area contributed by atoms with Gasteiger partial charge in [0.05, 0.1) is 6.54 Å². The highest BCUT2D eigenvalue weighted by atomic mass is 35.5. The van der Waals surface area contributed by atoms with Crippen molar-refractivity contribution < 1.29 is 17.7 Å². The maximum atomic E-state index is 8.25. The van der Waals surface area contributed by atoms with Gasteiger partial charge < -0.3 is 17.7 Å². The second-order valence-corrected chi connectivity index (χ2v) is 1.68. The van der Waals surface area contributed by atoms with E-state index in [1.165, 1.54) is 0 Å². The zero-order valence-corrected chi connectivity index (χ0v) is 6.23. The molecule has 0 aliphatic rings. The SMILES string of the molecule is C=CC[NH2+]C(C)C#N.[Cl-]. The van der Waals surface area contributed by atoms with Gasteiger partial charge in [-0.3, -0.25) is 0 Å². The maximum absolute atomic E-state index is 8.25. The third kappa shape index (κ3) is 7.48. The largest absolute Gasteiger partial charge is 1.00 e. The molecular formula is C6H11ClN2. The van der Waals surface area contributed by atoms with Crippen LogP contribution in [0.4, 0.5) is 0 Å². The Morgan fingerprint density at radius 1 is 1.89 bits per heavy atom. The second kappa shape index (κ2) is 7.48. The van der Waals surface area contributed by atoms with Crippen molar-refractivity contribution in [1.29, 1.82) is 5.26 Å². The van der Waals surface area contributed by atoms with Gasteiger partial charge in [-0.05, 0) is 6.08 Å². The molecule has 0 heterocycles. The Balaban J connectivity index is 0. The number of nitriles is 1. The predicted molar refractivity (Wildman–Crippen MR) is 32.1 cm³/mol. The zero-order valence-electron chi connectivity index (χ0n) is 5.47. The fraction of sp³-hybridized carbons (Fsp3) is 0.500. The Kier molecular flexibility index (Phi) is 9.39. The first-order valence-corrected chi connectivity index (χ1v) is 2.65. The van der Waals surface area contributed by atoms with Gasteiger partial charge in [0.25, 0.3) is 0 Å². The van der Waals surface area contributed by atoms with Crippen LogP contribution in [-0.4, -0.2) is 12.6 Å². The Bertz CT molecular complexity index is 106. The van der Waals surface area contributed by atoms with Gasteiger partial charge in [0, 0.05) is 6.92 Å². The Morgan fingerprint density at radius 2 is 2.44 bits per heavy atom. The number of hydrogen-bond donors (Lipinski definition) is 1. The van der Waals surface area contributed by atoms with Crippen LogP contribution in [-0.2, 0) is 0 Å². The van der Waals surface area contributed by atoms with Crippen molar-refractivity contribution in [1.82, 2.24) is 0 Å². The third-order valence-electron chi connectivity index (χ3n) is 0.860. The lowest BCUT2D eigenvalue weighted by molar-refractivity contribution is -0.665. The number of rotatable bonds is 3. The zero-order chi connectivity index (χ0) is 6.41. The van der Waals surface area contributed by atoms with Gasteiger partial charge in [0.1, 0.15) is 6.07 Å². The van der Waals surface area contributed by atoms with Crippen molar-refractivity contribution in [2.24, 2.45) is 0 Å². The summed E-state index contributed by atoms with van der Waals surface area (Å²) in [6, 6.07) is 2.16. The van der Waals surface area contributed by atoms with Crippen LogP contribution in [0.2, 0.25) is 0 Å². The van der Waals surface area contributed by atoms with E-state index in [-0.39, 0.29) is 18.4 Å². The quantitative estimate of drug-likeness (QED) is 0.416. The molecule has 0 saturated heterocycles. The lowest BCUT2D eigenvalue weighted by Crippen LogP contribution is -3.00. The van der Waals surface area contributed by atoms with Gasteiger partial charge in [0.2, 0.25) is 0 Å². The molecule has 52 valence electrons. The standard InChI is InChI=1S/C6H10N2.ClH/c1-3-4-8-6(2)5-7;/h3,6,8H,1,4H2,2H3;1H. The molecule has 0 aromatic rings. The molecule has 0 aromatic carbocycles. The summed E-state index contributed by atoms with van der Waals surface area (Å²) < 4.78 is 0. The lowest BCUT2D eigenvalue weighted by atomic mass is 10.4. The monoisotopic (exact) mass is 146 g/mol. The van der Waals surface area contributed by atoms with Crippen LogP contribution in [0.1, 0.15) is 6.92 Å². The molecule has 0 bridgehead atoms. The minimum atomic E-state index is 0. The van der Waals surface area contributed by atoms with Gasteiger partial charge in [-0.25, -0.2) is 0 Å². The first-order valence-electron chi connectivity index (χ1n) is 2.65. The number of nitrogens with zero attached hydrogens (tertiary/aromatic N) is 1. The molecular weight excluding hydrogens is 136 g/mol. The minimum Gasteiger partial charge on any atom is -1.00 e. The summed E-state index contributed by atoms with van der Waals surface area (Å²) >= 11 is 0. The molecule has 0 spiro atoms. The summed E-state index contributed by atoms with van der Waals surface area (Å²) in [6.07, 6.45) is 1.79. The molecule has 2 N–H and O–H groups in total. The van der Waals surface area contributed by atoms with Crippen LogP contribution in [0.25, 0.3) is 0 Å². The van der Waals surface area contributed by atoms with Crippen molar-refractivity contribution in [2.45, 2.75) is 13.0 Å². The molecule has 0 rings (SSSR count). The van der Waals surface area contributed by atoms with Crippen molar-refractivity contribution in [3.63, 3.8) is 0 Å². The minimum absolute atomic E-state index is 0. The molecule has 0 aliphatic heterocycles.